The van der Waals surface area contributed by atoms with Gasteiger partial charge in [0.05, 0.1) is 39.4 Å². The summed E-state index contributed by atoms with van der Waals surface area (Å²) < 4.78 is -0.700. The quantitative estimate of drug-likeness (QED) is 0.282. The lowest BCUT2D eigenvalue weighted by Crippen LogP contribution is -2.46. The van der Waals surface area contributed by atoms with Crippen LogP contribution in [-0.4, -0.2) is 93.4 Å². The smallest absolute Gasteiger partial charge is 0.139 e. The summed E-state index contributed by atoms with van der Waals surface area (Å²) in [5.74, 6) is 0. The van der Waals surface area contributed by atoms with Gasteiger partial charge in [0.2, 0.25) is 0 Å². The molecule has 0 spiro atoms. The molecule has 0 aromatic rings. The molecule has 8 heteroatoms. The van der Waals surface area contributed by atoms with Crippen molar-refractivity contribution < 1.29 is 29.7 Å². The molecule has 0 amide bonds. The monoisotopic (exact) mass is 342 g/mol. The van der Waals surface area contributed by atoms with E-state index in [2.05, 4.69) is 0 Å². The molecule has 4 aliphatic rings. The number of aliphatic hydroxyl groups excluding tert-OH is 4. The second-order valence-corrected chi connectivity index (χ2v) is 7.19. The maximum atomic E-state index is 11.9. The van der Waals surface area contributed by atoms with Crippen LogP contribution >= 0.6 is 0 Å². The fourth-order valence-electron chi connectivity index (χ4n) is 4.53. The van der Waals surface area contributed by atoms with Crippen molar-refractivity contribution in [3.8, 4) is 0 Å². The molecule has 2 saturated heterocycles. The Bertz CT molecular complexity index is 505. The average Bonchev–Trinajstić information content (AvgIpc) is 3.24. The normalized spacial score (nSPS) is 46.1. The van der Waals surface area contributed by atoms with Gasteiger partial charge in [-0.1, -0.05) is 0 Å². The van der Waals surface area contributed by atoms with Gasteiger partial charge in [0.1, 0.15) is 24.3 Å². The Hall–Kier alpha value is -0.840. The summed E-state index contributed by atoms with van der Waals surface area (Å²) >= 11 is 0. The molecule has 0 aliphatic carbocycles. The number of hydroxylamine groups is 6. The summed E-state index contributed by atoms with van der Waals surface area (Å²) in [6, 6.07) is -0.759. The lowest BCUT2D eigenvalue weighted by molar-refractivity contribution is -0.877. The number of aliphatic hydroxyl groups is 4. The van der Waals surface area contributed by atoms with Crippen LogP contribution in [0.4, 0.5) is 0 Å². The van der Waals surface area contributed by atoms with Gasteiger partial charge in [-0.05, 0) is 12.2 Å². The minimum atomic E-state index is -0.552. The van der Waals surface area contributed by atoms with Crippen LogP contribution in [0, 0.1) is 10.4 Å². The zero-order chi connectivity index (χ0) is 17.5. The van der Waals surface area contributed by atoms with Crippen LogP contribution in [0.5, 0.6) is 0 Å². The first-order chi connectivity index (χ1) is 11.3. The van der Waals surface area contributed by atoms with E-state index in [1.807, 2.05) is 0 Å². The Balaban J connectivity index is 0.000000141. The van der Waals surface area contributed by atoms with Crippen LogP contribution in [0.3, 0.4) is 0 Å². The Kier molecular flexibility index (Phi) is 4.84. The number of hydrogen-bond donors (Lipinski definition) is 4. The first-order valence-electron chi connectivity index (χ1n) is 8.46. The molecule has 0 aromatic carbocycles. The highest BCUT2D eigenvalue weighted by Gasteiger charge is 2.47. The molecular weight excluding hydrogens is 316 g/mol. The van der Waals surface area contributed by atoms with Crippen molar-refractivity contribution in [3.05, 3.63) is 33.7 Å². The first kappa shape index (κ1) is 18.0. The maximum absolute atomic E-state index is 11.9. The number of rotatable bonds is 2. The van der Waals surface area contributed by atoms with Gasteiger partial charge in [-0.15, -0.1) is 0 Å². The van der Waals surface area contributed by atoms with Crippen LogP contribution in [0.25, 0.3) is 0 Å². The molecule has 6 atom stereocenters. The maximum Gasteiger partial charge on any atom is 0.139 e. The highest BCUT2D eigenvalue weighted by atomic mass is 16.6. The highest BCUT2D eigenvalue weighted by molar-refractivity contribution is 5.18. The molecule has 0 radical (unpaired) electrons. The van der Waals surface area contributed by atoms with Crippen molar-refractivity contribution in [2.45, 2.75) is 37.1 Å². The lowest BCUT2D eigenvalue weighted by atomic mass is 10.1. The summed E-state index contributed by atoms with van der Waals surface area (Å²) in [6.45, 7) is 1.60. The molecule has 4 heterocycles. The summed E-state index contributed by atoms with van der Waals surface area (Å²) in [5.41, 5.74) is 1.44. The van der Waals surface area contributed by atoms with Crippen LogP contribution in [0.15, 0.2) is 23.3 Å². The van der Waals surface area contributed by atoms with Crippen molar-refractivity contribution in [3.63, 3.8) is 0 Å². The summed E-state index contributed by atoms with van der Waals surface area (Å²) in [6.07, 6.45) is 3.55. The third kappa shape index (κ3) is 2.83. The van der Waals surface area contributed by atoms with Crippen molar-refractivity contribution in [2.24, 2.45) is 0 Å². The molecule has 24 heavy (non-hydrogen) atoms. The molecule has 4 N–H and O–H groups in total. The Morgan fingerprint density at radius 1 is 0.833 bits per heavy atom. The standard InChI is InChI=1S/2C8H13NO3/c2*10-5-6-1-3-9(12)4-2-7(11)8(6)9/h2*1,7-8,10-11H,2-5H2/t2*7-,8-,9+/m11/s1. The SMILES string of the molecule is [O-][N@+]12CC=C(CO)[C@@H]1[C@H](O)CC2.[O-][N@+]12CC=C(CO)[C@@H]1[C@H](O)CC2. The fraction of sp³-hybridized carbons (Fsp3) is 0.750. The topological polar surface area (TPSA) is 127 Å². The van der Waals surface area contributed by atoms with Gasteiger partial charge >= 0.3 is 0 Å². The first-order valence-corrected chi connectivity index (χ1v) is 8.46. The molecule has 0 unspecified atom stereocenters. The third-order valence-electron chi connectivity index (χ3n) is 5.80. The summed E-state index contributed by atoms with van der Waals surface area (Å²) in [4.78, 5) is 0. The molecule has 2 fully saturated rings. The van der Waals surface area contributed by atoms with E-state index in [0.717, 1.165) is 11.1 Å². The van der Waals surface area contributed by atoms with Crippen LogP contribution in [0.1, 0.15) is 12.8 Å². The van der Waals surface area contributed by atoms with Gasteiger partial charge in [0, 0.05) is 24.0 Å². The molecule has 8 nitrogen and oxygen atoms in total. The second kappa shape index (κ2) is 6.47. The predicted molar refractivity (Wildman–Crippen MR) is 85.9 cm³/mol. The van der Waals surface area contributed by atoms with E-state index in [9.17, 15) is 20.6 Å². The van der Waals surface area contributed by atoms with E-state index in [4.69, 9.17) is 10.2 Å². The second-order valence-electron chi connectivity index (χ2n) is 7.19. The molecule has 0 saturated carbocycles. The Morgan fingerprint density at radius 3 is 1.54 bits per heavy atom. The molecule has 136 valence electrons. The van der Waals surface area contributed by atoms with E-state index in [1.54, 1.807) is 12.2 Å². The van der Waals surface area contributed by atoms with Gasteiger partial charge in [-0.25, -0.2) is 0 Å². The van der Waals surface area contributed by atoms with Crippen LogP contribution in [0.2, 0.25) is 0 Å². The molecule has 0 aromatic heterocycles. The van der Waals surface area contributed by atoms with Crippen LogP contribution < -0.4 is 0 Å². The van der Waals surface area contributed by atoms with E-state index in [1.165, 1.54) is 0 Å². The van der Waals surface area contributed by atoms with E-state index < -0.39 is 12.2 Å². The lowest BCUT2D eigenvalue weighted by Gasteiger charge is -2.40. The summed E-state index contributed by atoms with van der Waals surface area (Å²) in [7, 11) is 0. The van der Waals surface area contributed by atoms with E-state index in [0.29, 0.717) is 39.0 Å². The zero-order valence-electron chi connectivity index (χ0n) is 13.6. The highest BCUT2D eigenvalue weighted by Crippen LogP contribution is 2.36. The average molecular weight is 342 g/mol. The minimum Gasteiger partial charge on any atom is -0.632 e. The Morgan fingerprint density at radius 2 is 1.21 bits per heavy atom. The fourth-order valence-corrected chi connectivity index (χ4v) is 4.53. The van der Waals surface area contributed by atoms with Crippen molar-refractivity contribution in [1.29, 1.82) is 0 Å². The summed E-state index contributed by atoms with van der Waals surface area (Å²) in [5, 5.41) is 60.5. The van der Waals surface area contributed by atoms with Gasteiger partial charge in [0.15, 0.2) is 0 Å². The van der Waals surface area contributed by atoms with Crippen molar-refractivity contribution >= 4 is 0 Å². The number of fused-ring (bicyclic) bond motifs is 2. The third-order valence-corrected chi connectivity index (χ3v) is 5.80. The van der Waals surface area contributed by atoms with Gasteiger partial charge in [0.25, 0.3) is 0 Å². The predicted octanol–water partition coefficient (Wildman–Crippen LogP) is -1.27. The number of hydrogen-bond acceptors (Lipinski definition) is 6. The van der Waals surface area contributed by atoms with Crippen LogP contribution in [-0.2, 0) is 0 Å². The molecule has 4 aliphatic heterocycles. The molecule has 0 bridgehead atoms. The number of nitrogens with zero attached hydrogens (tertiary/aromatic N) is 2. The van der Waals surface area contributed by atoms with Gasteiger partial charge in [-0.3, -0.25) is 0 Å². The van der Waals surface area contributed by atoms with Gasteiger partial charge in [-0.2, -0.15) is 0 Å². The van der Waals surface area contributed by atoms with Crippen molar-refractivity contribution in [2.75, 3.05) is 39.4 Å². The van der Waals surface area contributed by atoms with Crippen molar-refractivity contribution in [1.82, 2.24) is 0 Å². The number of quaternary nitrogens is 2. The molecule has 4 rings (SSSR count). The molecular formula is C16H26N2O6. The van der Waals surface area contributed by atoms with E-state index in [-0.39, 0.29) is 34.6 Å². The largest absolute Gasteiger partial charge is 0.632 e. The van der Waals surface area contributed by atoms with E-state index >= 15 is 0 Å². The Labute approximate surface area is 140 Å². The zero-order valence-corrected chi connectivity index (χ0v) is 13.6. The minimum absolute atomic E-state index is 0.0933. The van der Waals surface area contributed by atoms with Gasteiger partial charge < -0.3 is 40.1 Å².